The Morgan fingerprint density at radius 1 is 1.09 bits per heavy atom. The number of anilines is 1. The number of pyridine rings is 1. The van der Waals surface area contributed by atoms with Gasteiger partial charge in [0.25, 0.3) is 5.91 Å². The van der Waals surface area contributed by atoms with E-state index in [-0.39, 0.29) is 5.56 Å². The van der Waals surface area contributed by atoms with Crippen LogP contribution in [0.4, 0.5) is 14.6 Å². The molecule has 0 aliphatic rings. The van der Waals surface area contributed by atoms with Crippen molar-refractivity contribution in [3.63, 3.8) is 0 Å². The maximum Gasteiger partial charge on any atom is 0.254 e. The molecule has 1 heterocycles. The number of nitrogens with zero attached hydrogens (tertiary/aromatic N) is 1. The second-order valence-corrected chi connectivity index (χ2v) is 4.73. The molecule has 0 unspecified atom stereocenters. The Hall–Kier alpha value is -2.50. The summed E-state index contributed by atoms with van der Waals surface area (Å²) in [6.45, 7) is 1.12. The molecule has 0 spiro atoms. The van der Waals surface area contributed by atoms with Crippen LogP contribution in [0.2, 0.25) is 0 Å². The molecule has 1 aromatic carbocycles. The van der Waals surface area contributed by atoms with Crippen molar-refractivity contribution in [2.24, 2.45) is 0 Å². The van der Waals surface area contributed by atoms with E-state index < -0.39 is 17.5 Å². The fraction of sp³-hybridized carbons (Fsp3) is 0.250. The van der Waals surface area contributed by atoms with Crippen molar-refractivity contribution in [2.75, 3.05) is 18.4 Å². The molecule has 22 heavy (non-hydrogen) atoms. The Balaban J connectivity index is 1.66. The van der Waals surface area contributed by atoms with E-state index in [0.717, 1.165) is 43.4 Å². The Labute approximate surface area is 127 Å². The van der Waals surface area contributed by atoms with Crippen LogP contribution < -0.4 is 10.6 Å². The van der Waals surface area contributed by atoms with Gasteiger partial charge in [0, 0.05) is 19.3 Å². The van der Waals surface area contributed by atoms with E-state index in [1.54, 1.807) is 6.20 Å². The van der Waals surface area contributed by atoms with E-state index in [4.69, 9.17) is 0 Å². The molecule has 1 amide bonds. The lowest BCUT2D eigenvalue weighted by Gasteiger charge is -2.07. The molecule has 0 fully saturated rings. The molecule has 0 saturated heterocycles. The Morgan fingerprint density at radius 2 is 1.91 bits per heavy atom. The first-order valence-corrected chi connectivity index (χ1v) is 7.05. The van der Waals surface area contributed by atoms with Gasteiger partial charge in [-0.2, -0.15) is 0 Å². The standard InChI is InChI=1S/C16H17F2N3O/c17-12-6-7-14(18)13(11-12)16(22)21-10-4-3-9-20-15-5-1-2-8-19-15/h1-2,5-8,11H,3-4,9-10H2,(H,19,20)(H,21,22). The number of carbonyl (C=O) groups excluding carboxylic acids is 1. The minimum absolute atomic E-state index is 0.272. The first-order valence-electron chi connectivity index (χ1n) is 7.05. The summed E-state index contributed by atoms with van der Waals surface area (Å²) < 4.78 is 26.4. The SMILES string of the molecule is O=C(NCCCCNc1ccccn1)c1cc(F)ccc1F. The van der Waals surface area contributed by atoms with Gasteiger partial charge in [0.1, 0.15) is 17.5 Å². The van der Waals surface area contributed by atoms with Crippen molar-refractivity contribution >= 4 is 11.7 Å². The van der Waals surface area contributed by atoms with Crippen molar-refractivity contribution < 1.29 is 13.6 Å². The smallest absolute Gasteiger partial charge is 0.254 e. The second-order valence-electron chi connectivity index (χ2n) is 4.73. The maximum atomic E-state index is 13.4. The van der Waals surface area contributed by atoms with Gasteiger partial charge in [-0.15, -0.1) is 0 Å². The molecule has 4 nitrogen and oxygen atoms in total. The lowest BCUT2D eigenvalue weighted by atomic mass is 10.2. The van der Waals surface area contributed by atoms with E-state index in [2.05, 4.69) is 15.6 Å². The van der Waals surface area contributed by atoms with Crippen molar-refractivity contribution in [1.82, 2.24) is 10.3 Å². The van der Waals surface area contributed by atoms with Gasteiger partial charge < -0.3 is 10.6 Å². The number of hydrogen-bond donors (Lipinski definition) is 2. The van der Waals surface area contributed by atoms with E-state index in [0.29, 0.717) is 6.54 Å². The molecule has 6 heteroatoms. The van der Waals surface area contributed by atoms with Gasteiger partial charge in [0.15, 0.2) is 0 Å². The molecule has 0 atom stereocenters. The summed E-state index contributed by atoms with van der Waals surface area (Å²) in [5.41, 5.74) is -0.272. The summed E-state index contributed by atoms with van der Waals surface area (Å²) in [4.78, 5) is 15.9. The van der Waals surface area contributed by atoms with Gasteiger partial charge in [0.05, 0.1) is 5.56 Å². The lowest BCUT2D eigenvalue weighted by molar-refractivity contribution is 0.0948. The monoisotopic (exact) mass is 305 g/mol. The molecule has 0 aliphatic carbocycles. The second kappa shape index (κ2) is 8.07. The molecule has 0 aliphatic heterocycles. The first-order chi connectivity index (χ1) is 10.7. The van der Waals surface area contributed by atoms with Crippen molar-refractivity contribution in [1.29, 1.82) is 0 Å². The molecule has 0 saturated carbocycles. The lowest BCUT2D eigenvalue weighted by Crippen LogP contribution is -2.25. The van der Waals surface area contributed by atoms with Gasteiger partial charge in [-0.1, -0.05) is 6.07 Å². The molecule has 1 aromatic heterocycles. The van der Waals surface area contributed by atoms with E-state index in [9.17, 15) is 13.6 Å². The average Bonchev–Trinajstić information content (AvgIpc) is 2.54. The number of amides is 1. The molecular formula is C16H17F2N3O. The fourth-order valence-corrected chi connectivity index (χ4v) is 1.90. The predicted octanol–water partition coefficient (Wildman–Crippen LogP) is 2.98. The highest BCUT2D eigenvalue weighted by atomic mass is 19.1. The van der Waals surface area contributed by atoms with Crippen LogP contribution in [0, 0.1) is 11.6 Å². The van der Waals surface area contributed by atoms with Crippen LogP contribution in [0.5, 0.6) is 0 Å². The van der Waals surface area contributed by atoms with Crippen LogP contribution >= 0.6 is 0 Å². The number of benzene rings is 1. The Morgan fingerprint density at radius 3 is 2.68 bits per heavy atom. The average molecular weight is 305 g/mol. The van der Waals surface area contributed by atoms with E-state index in [1.165, 1.54) is 0 Å². The zero-order valence-electron chi connectivity index (χ0n) is 12.0. The number of halogens is 2. The topological polar surface area (TPSA) is 54.0 Å². The highest BCUT2D eigenvalue weighted by molar-refractivity contribution is 5.94. The van der Waals surface area contributed by atoms with Crippen molar-refractivity contribution in [2.45, 2.75) is 12.8 Å². The number of hydrogen-bond acceptors (Lipinski definition) is 3. The predicted molar refractivity (Wildman–Crippen MR) is 80.7 cm³/mol. The molecule has 0 bridgehead atoms. The van der Waals surface area contributed by atoms with Crippen LogP contribution in [0.25, 0.3) is 0 Å². The summed E-state index contributed by atoms with van der Waals surface area (Å²) in [5.74, 6) is -1.16. The number of carbonyl (C=O) groups is 1. The van der Waals surface area contributed by atoms with E-state index >= 15 is 0 Å². The molecule has 0 radical (unpaired) electrons. The van der Waals surface area contributed by atoms with Gasteiger partial charge in [-0.05, 0) is 43.2 Å². The van der Waals surface area contributed by atoms with Gasteiger partial charge in [-0.3, -0.25) is 4.79 Å². The normalized spacial score (nSPS) is 10.3. The van der Waals surface area contributed by atoms with Crippen LogP contribution in [-0.4, -0.2) is 24.0 Å². The van der Waals surface area contributed by atoms with Crippen LogP contribution in [0.15, 0.2) is 42.6 Å². The highest BCUT2D eigenvalue weighted by Crippen LogP contribution is 2.09. The number of unbranched alkanes of at least 4 members (excludes halogenated alkanes) is 1. The zero-order chi connectivity index (χ0) is 15.8. The van der Waals surface area contributed by atoms with Gasteiger partial charge >= 0.3 is 0 Å². The van der Waals surface area contributed by atoms with Crippen LogP contribution in [0.3, 0.4) is 0 Å². The van der Waals surface area contributed by atoms with Crippen molar-refractivity contribution in [3.8, 4) is 0 Å². The third kappa shape index (κ3) is 4.80. The highest BCUT2D eigenvalue weighted by Gasteiger charge is 2.11. The molecule has 2 rings (SSSR count). The van der Waals surface area contributed by atoms with E-state index in [1.807, 2.05) is 18.2 Å². The maximum absolute atomic E-state index is 13.4. The summed E-state index contributed by atoms with van der Waals surface area (Å²) in [7, 11) is 0. The summed E-state index contributed by atoms with van der Waals surface area (Å²) in [5, 5.41) is 5.72. The van der Waals surface area contributed by atoms with Crippen LogP contribution in [0.1, 0.15) is 23.2 Å². The van der Waals surface area contributed by atoms with Gasteiger partial charge in [-0.25, -0.2) is 13.8 Å². The quantitative estimate of drug-likeness (QED) is 0.773. The summed E-state index contributed by atoms with van der Waals surface area (Å²) >= 11 is 0. The molecule has 2 N–H and O–H groups in total. The third-order valence-electron chi connectivity index (χ3n) is 3.03. The van der Waals surface area contributed by atoms with Crippen LogP contribution in [-0.2, 0) is 0 Å². The fourth-order valence-electron chi connectivity index (χ4n) is 1.90. The number of nitrogens with one attached hydrogen (secondary N) is 2. The first kappa shape index (κ1) is 15.9. The zero-order valence-corrected chi connectivity index (χ0v) is 12.0. The Bertz CT molecular complexity index is 620. The summed E-state index contributed by atoms with van der Waals surface area (Å²) in [6, 6.07) is 8.42. The van der Waals surface area contributed by atoms with Crippen molar-refractivity contribution in [3.05, 3.63) is 59.8 Å². The largest absolute Gasteiger partial charge is 0.370 e. The Kier molecular flexibility index (Phi) is 5.82. The number of aromatic nitrogens is 1. The molecule has 116 valence electrons. The minimum Gasteiger partial charge on any atom is -0.370 e. The third-order valence-corrected chi connectivity index (χ3v) is 3.03. The summed E-state index contributed by atoms with van der Waals surface area (Å²) in [6.07, 6.45) is 3.25. The minimum atomic E-state index is -0.726. The van der Waals surface area contributed by atoms with Gasteiger partial charge in [0.2, 0.25) is 0 Å². The molecule has 2 aromatic rings. The molecular weight excluding hydrogens is 288 g/mol. The number of rotatable bonds is 7.